The van der Waals surface area contributed by atoms with Crippen molar-refractivity contribution in [1.82, 2.24) is 21.5 Å². The standard InChI is InChI=1S/C17H25FN4O2/c1-11(2)14-10-15(22-21-14)17(24)20-8-4-7-19-16(23)12-5-3-6-13(18)9-12/h3,5-6,9,11,14-15,21-22H,4,7-8,10H2,1-2H3,(H,19,23)(H,20,24). The molecule has 1 aromatic carbocycles. The molecule has 1 aromatic rings. The van der Waals surface area contributed by atoms with Gasteiger partial charge in [-0.1, -0.05) is 19.9 Å². The Hall–Kier alpha value is -1.99. The summed E-state index contributed by atoms with van der Waals surface area (Å²) in [5.41, 5.74) is 6.43. The van der Waals surface area contributed by atoms with Gasteiger partial charge in [-0.25, -0.2) is 9.82 Å². The van der Waals surface area contributed by atoms with E-state index in [-0.39, 0.29) is 17.9 Å². The second kappa shape index (κ2) is 8.75. The van der Waals surface area contributed by atoms with Gasteiger partial charge < -0.3 is 10.6 Å². The normalized spacial score (nSPS) is 20.2. The first kappa shape index (κ1) is 18.4. The summed E-state index contributed by atoms with van der Waals surface area (Å²) in [7, 11) is 0. The molecule has 132 valence electrons. The van der Waals surface area contributed by atoms with E-state index in [1.807, 2.05) is 0 Å². The van der Waals surface area contributed by atoms with Crippen LogP contribution in [0.3, 0.4) is 0 Å². The smallest absolute Gasteiger partial charge is 0.251 e. The minimum atomic E-state index is -0.438. The van der Waals surface area contributed by atoms with Gasteiger partial charge in [0, 0.05) is 24.7 Å². The third-order valence-electron chi connectivity index (χ3n) is 4.08. The number of nitrogens with one attached hydrogen (secondary N) is 4. The van der Waals surface area contributed by atoms with Gasteiger partial charge >= 0.3 is 0 Å². The Morgan fingerprint density at radius 1 is 1.25 bits per heavy atom. The predicted molar refractivity (Wildman–Crippen MR) is 89.7 cm³/mol. The molecule has 2 rings (SSSR count). The van der Waals surface area contributed by atoms with Crippen molar-refractivity contribution in [3.8, 4) is 0 Å². The van der Waals surface area contributed by atoms with Crippen molar-refractivity contribution in [2.24, 2.45) is 5.92 Å². The molecule has 24 heavy (non-hydrogen) atoms. The van der Waals surface area contributed by atoms with Gasteiger partial charge in [-0.2, -0.15) is 0 Å². The SMILES string of the molecule is CC(C)C1CC(C(=O)NCCCNC(=O)c2cccc(F)c2)NN1. The van der Waals surface area contributed by atoms with Gasteiger partial charge in [0.2, 0.25) is 5.91 Å². The molecule has 0 radical (unpaired) electrons. The van der Waals surface area contributed by atoms with Gasteiger partial charge in [0.1, 0.15) is 11.9 Å². The topological polar surface area (TPSA) is 82.3 Å². The summed E-state index contributed by atoms with van der Waals surface area (Å²) >= 11 is 0. The highest BCUT2D eigenvalue weighted by molar-refractivity contribution is 5.94. The second-order valence-corrected chi connectivity index (χ2v) is 6.34. The van der Waals surface area contributed by atoms with Crippen molar-refractivity contribution in [2.45, 2.75) is 38.8 Å². The third-order valence-corrected chi connectivity index (χ3v) is 4.08. The molecule has 2 unspecified atom stereocenters. The van der Waals surface area contributed by atoms with Crippen LogP contribution < -0.4 is 21.5 Å². The first-order valence-corrected chi connectivity index (χ1v) is 8.30. The highest BCUT2D eigenvalue weighted by Gasteiger charge is 2.30. The quantitative estimate of drug-likeness (QED) is 0.559. The van der Waals surface area contributed by atoms with Crippen molar-refractivity contribution in [1.29, 1.82) is 0 Å². The monoisotopic (exact) mass is 336 g/mol. The number of benzene rings is 1. The number of hydrogen-bond donors (Lipinski definition) is 4. The van der Waals surface area contributed by atoms with Crippen LogP contribution in [0, 0.1) is 11.7 Å². The van der Waals surface area contributed by atoms with E-state index >= 15 is 0 Å². The van der Waals surface area contributed by atoms with Gasteiger partial charge in [-0.05, 0) is 37.0 Å². The number of rotatable bonds is 7. The van der Waals surface area contributed by atoms with E-state index in [1.165, 1.54) is 18.2 Å². The third kappa shape index (κ3) is 5.28. The Morgan fingerprint density at radius 2 is 2.00 bits per heavy atom. The lowest BCUT2D eigenvalue weighted by Crippen LogP contribution is -2.44. The van der Waals surface area contributed by atoms with Crippen LogP contribution in [-0.4, -0.2) is 37.0 Å². The Labute approximate surface area is 141 Å². The van der Waals surface area contributed by atoms with Crippen LogP contribution in [0.2, 0.25) is 0 Å². The van der Waals surface area contributed by atoms with E-state index < -0.39 is 5.82 Å². The number of carbonyl (C=O) groups is 2. The summed E-state index contributed by atoms with van der Waals surface area (Å²) in [6.07, 6.45) is 1.38. The van der Waals surface area contributed by atoms with Crippen LogP contribution in [0.15, 0.2) is 24.3 Å². The molecular formula is C17H25FN4O2. The minimum absolute atomic E-state index is 0.0397. The summed E-state index contributed by atoms with van der Waals surface area (Å²) in [4.78, 5) is 23.8. The molecule has 0 bridgehead atoms. The molecule has 1 aliphatic heterocycles. The van der Waals surface area contributed by atoms with Crippen LogP contribution in [0.4, 0.5) is 4.39 Å². The van der Waals surface area contributed by atoms with E-state index in [9.17, 15) is 14.0 Å². The zero-order valence-corrected chi connectivity index (χ0v) is 14.1. The van der Waals surface area contributed by atoms with E-state index in [4.69, 9.17) is 0 Å². The maximum absolute atomic E-state index is 13.0. The van der Waals surface area contributed by atoms with Crippen LogP contribution in [0.25, 0.3) is 0 Å². The molecule has 2 atom stereocenters. The summed E-state index contributed by atoms with van der Waals surface area (Å²) in [6, 6.07) is 5.62. The molecule has 2 amide bonds. The molecule has 1 saturated heterocycles. The minimum Gasteiger partial charge on any atom is -0.355 e. The fraction of sp³-hybridized carbons (Fsp3) is 0.529. The molecule has 0 aliphatic carbocycles. The van der Waals surface area contributed by atoms with Crippen molar-refractivity contribution >= 4 is 11.8 Å². The maximum atomic E-state index is 13.0. The number of carbonyl (C=O) groups excluding carboxylic acids is 2. The predicted octanol–water partition coefficient (Wildman–Crippen LogP) is 0.953. The lowest BCUT2D eigenvalue weighted by atomic mass is 9.99. The number of hydrazine groups is 1. The van der Waals surface area contributed by atoms with E-state index in [0.29, 0.717) is 37.0 Å². The highest BCUT2D eigenvalue weighted by Crippen LogP contribution is 2.13. The van der Waals surface area contributed by atoms with Crippen LogP contribution >= 0.6 is 0 Å². The van der Waals surface area contributed by atoms with Crippen LogP contribution in [0.1, 0.15) is 37.0 Å². The number of hydrogen-bond acceptors (Lipinski definition) is 4. The van der Waals surface area contributed by atoms with Crippen molar-refractivity contribution in [3.63, 3.8) is 0 Å². The lowest BCUT2D eigenvalue weighted by Gasteiger charge is -2.13. The number of halogens is 1. The van der Waals surface area contributed by atoms with Crippen molar-refractivity contribution in [3.05, 3.63) is 35.6 Å². The lowest BCUT2D eigenvalue weighted by molar-refractivity contribution is -0.122. The summed E-state index contributed by atoms with van der Waals surface area (Å²) in [5, 5.41) is 5.56. The average molecular weight is 336 g/mol. The summed E-state index contributed by atoms with van der Waals surface area (Å²) in [6.45, 7) is 5.12. The van der Waals surface area contributed by atoms with Gasteiger partial charge in [0.05, 0.1) is 0 Å². The fourth-order valence-electron chi connectivity index (χ4n) is 2.55. The van der Waals surface area contributed by atoms with E-state index in [0.717, 1.165) is 6.42 Å². The molecule has 1 fully saturated rings. The zero-order valence-electron chi connectivity index (χ0n) is 14.1. The molecule has 1 aliphatic rings. The summed E-state index contributed by atoms with van der Waals surface area (Å²) < 4.78 is 13.0. The Bertz CT molecular complexity index is 579. The Morgan fingerprint density at radius 3 is 2.67 bits per heavy atom. The van der Waals surface area contributed by atoms with Crippen LogP contribution in [-0.2, 0) is 4.79 Å². The zero-order chi connectivity index (χ0) is 17.5. The molecule has 4 N–H and O–H groups in total. The Kier molecular flexibility index (Phi) is 6.69. The maximum Gasteiger partial charge on any atom is 0.251 e. The van der Waals surface area contributed by atoms with E-state index in [2.05, 4.69) is 35.3 Å². The van der Waals surface area contributed by atoms with E-state index in [1.54, 1.807) is 6.07 Å². The fourth-order valence-corrected chi connectivity index (χ4v) is 2.55. The largest absolute Gasteiger partial charge is 0.355 e. The molecule has 7 heteroatoms. The first-order valence-electron chi connectivity index (χ1n) is 8.30. The molecular weight excluding hydrogens is 311 g/mol. The van der Waals surface area contributed by atoms with Gasteiger partial charge in [-0.15, -0.1) is 0 Å². The summed E-state index contributed by atoms with van der Waals surface area (Å²) in [5.74, 6) is -0.329. The first-order chi connectivity index (χ1) is 11.5. The average Bonchev–Trinajstić information content (AvgIpc) is 3.04. The molecule has 0 saturated carbocycles. The Balaban J connectivity index is 1.61. The van der Waals surface area contributed by atoms with Gasteiger partial charge in [0.25, 0.3) is 5.91 Å². The molecule has 1 heterocycles. The van der Waals surface area contributed by atoms with Crippen LogP contribution in [0.5, 0.6) is 0 Å². The molecule has 0 aromatic heterocycles. The number of amides is 2. The van der Waals surface area contributed by atoms with Gasteiger partial charge in [0.15, 0.2) is 0 Å². The van der Waals surface area contributed by atoms with Crippen molar-refractivity contribution < 1.29 is 14.0 Å². The molecule has 0 spiro atoms. The molecule has 6 nitrogen and oxygen atoms in total. The highest BCUT2D eigenvalue weighted by atomic mass is 19.1. The van der Waals surface area contributed by atoms with Crippen molar-refractivity contribution in [2.75, 3.05) is 13.1 Å². The second-order valence-electron chi connectivity index (χ2n) is 6.34. The van der Waals surface area contributed by atoms with Gasteiger partial charge in [-0.3, -0.25) is 15.0 Å².